The van der Waals surface area contributed by atoms with Gasteiger partial charge < -0.3 is 10.6 Å². The van der Waals surface area contributed by atoms with Crippen LogP contribution in [0.3, 0.4) is 0 Å². The molecule has 1 saturated carbocycles. The molecule has 0 aromatic heterocycles. The second-order valence-electron chi connectivity index (χ2n) is 5.89. The Bertz CT molecular complexity index is 532. The van der Waals surface area contributed by atoms with Gasteiger partial charge in [0, 0.05) is 12.2 Å². The summed E-state index contributed by atoms with van der Waals surface area (Å²) in [5.41, 5.74) is 3.25. The molecule has 1 aromatic carbocycles. The average molecular weight is 302 g/mol. The normalized spacial score (nSPS) is 19.6. The zero-order valence-corrected chi connectivity index (χ0v) is 13.7. The van der Waals surface area contributed by atoms with Crippen LogP contribution in [-0.2, 0) is 22.4 Å². The van der Waals surface area contributed by atoms with Gasteiger partial charge in [0.05, 0.1) is 11.8 Å². The van der Waals surface area contributed by atoms with Crippen LogP contribution in [0.2, 0.25) is 0 Å². The molecule has 0 saturated heterocycles. The maximum atomic E-state index is 12.4. The number of benzene rings is 1. The number of amides is 2. The SMILES string of the molecule is CCCNC(=O)C1CC1C(=O)Nc1c(CC)cccc1CC. The fourth-order valence-corrected chi connectivity index (χ4v) is 2.77. The van der Waals surface area contributed by atoms with Gasteiger partial charge in [-0.15, -0.1) is 0 Å². The van der Waals surface area contributed by atoms with Gasteiger partial charge in [-0.1, -0.05) is 39.0 Å². The van der Waals surface area contributed by atoms with Crippen molar-refractivity contribution in [3.05, 3.63) is 29.3 Å². The molecule has 1 aliphatic rings. The van der Waals surface area contributed by atoms with Crippen LogP contribution in [0.4, 0.5) is 5.69 Å². The fourth-order valence-electron chi connectivity index (χ4n) is 2.77. The van der Waals surface area contributed by atoms with Crippen LogP contribution in [0.25, 0.3) is 0 Å². The van der Waals surface area contributed by atoms with Gasteiger partial charge >= 0.3 is 0 Å². The zero-order valence-electron chi connectivity index (χ0n) is 13.7. The van der Waals surface area contributed by atoms with E-state index < -0.39 is 0 Å². The average Bonchev–Trinajstić information content (AvgIpc) is 3.33. The Morgan fingerprint density at radius 2 is 1.64 bits per heavy atom. The first kappa shape index (κ1) is 16.5. The van der Waals surface area contributed by atoms with Gasteiger partial charge in [-0.05, 0) is 36.8 Å². The Kier molecular flexibility index (Phi) is 5.58. The fraction of sp³-hybridized carbons (Fsp3) is 0.556. The summed E-state index contributed by atoms with van der Waals surface area (Å²) in [6.45, 7) is 6.87. The van der Waals surface area contributed by atoms with E-state index in [1.54, 1.807) is 0 Å². The number of anilines is 1. The molecule has 0 spiro atoms. The lowest BCUT2D eigenvalue weighted by molar-refractivity contribution is -0.125. The summed E-state index contributed by atoms with van der Waals surface area (Å²) >= 11 is 0. The number of rotatable bonds is 7. The van der Waals surface area contributed by atoms with Crippen LogP contribution >= 0.6 is 0 Å². The minimum absolute atomic E-state index is 0.0153. The minimum atomic E-state index is -0.175. The molecule has 4 heteroatoms. The molecular weight excluding hydrogens is 276 g/mol. The van der Waals surface area contributed by atoms with Gasteiger partial charge in [0.1, 0.15) is 0 Å². The number of hydrogen-bond acceptors (Lipinski definition) is 2. The van der Waals surface area contributed by atoms with Crippen LogP contribution in [0.5, 0.6) is 0 Å². The highest BCUT2D eigenvalue weighted by Gasteiger charge is 2.48. The molecule has 1 fully saturated rings. The van der Waals surface area contributed by atoms with Crippen molar-refractivity contribution in [3.63, 3.8) is 0 Å². The van der Waals surface area contributed by atoms with E-state index in [-0.39, 0.29) is 23.7 Å². The Hall–Kier alpha value is -1.84. The van der Waals surface area contributed by atoms with Crippen LogP contribution in [0.1, 0.15) is 44.7 Å². The summed E-state index contributed by atoms with van der Waals surface area (Å²) in [5.74, 6) is -0.328. The largest absolute Gasteiger partial charge is 0.356 e. The summed E-state index contributed by atoms with van der Waals surface area (Å²) in [7, 11) is 0. The van der Waals surface area contributed by atoms with Gasteiger partial charge in [-0.3, -0.25) is 9.59 Å². The van der Waals surface area contributed by atoms with Crippen molar-refractivity contribution >= 4 is 17.5 Å². The molecule has 0 heterocycles. The minimum Gasteiger partial charge on any atom is -0.356 e. The Morgan fingerprint density at radius 1 is 1.05 bits per heavy atom. The molecule has 0 aliphatic heterocycles. The first-order valence-corrected chi connectivity index (χ1v) is 8.31. The van der Waals surface area contributed by atoms with Crippen molar-refractivity contribution in [3.8, 4) is 0 Å². The molecule has 2 atom stereocenters. The number of hydrogen-bond donors (Lipinski definition) is 2. The third kappa shape index (κ3) is 3.67. The first-order chi connectivity index (χ1) is 10.6. The molecule has 1 aliphatic carbocycles. The predicted molar refractivity (Wildman–Crippen MR) is 88.7 cm³/mol. The van der Waals surface area contributed by atoms with E-state index in [0.29, 0.717) is 13.0 Å². The Morgan fingerprint density at radius 3 is 2.18 bits per heavy atom. The summed E-state index contributed by atoms with van der Waals surface area (Å²) in [5, 5.41) is 5.93. The molecule has 2 N–H and O–H groups in total. The van der Waals surface area contributed by atoms with E-state index >= 15 is 0 Å². The third-order valence-electron chi connectivity index (χ3n) is 4.26. The Balaban J connectivity index is 2.01. The van der Waals surface area contributed by atoms with E-state index in [4.69, 9.17) is 0 Å². The third-order valence-corrected chi connectivity index (χ3v) is 4.26. The lowest BCUT2D eigenvalue weighted by Gasteiger charge is -2.14. The number of carbonyl (C=O) groups excluding carboxylic acids is 2. The van der Waals surface area contributed by atoms with E-state index in [9.17, 15) is 9.59 Å². The van der Waals surface area contributed by atoms with Crippen molar-refractivity contribution in [1.82, 2.24) is 5.32 Å². The van der Waals surface area contributed by atoms with Crippen molar-refractivity contribution in [1.29, 1.82) is 0 Å². The molecule has 22 heavy (non-hydrogen) atoms. The maximum absolute atomic E-state index is 12.4. The lowest BCUT2D eigenvalue weighted by atomic mass is 10.0. The molecule has 2 amide bonds. The first-order valence-electron chi connectivity index (χ1n) is 8.31. The molecule has 120 valence electrons. The molecular formula is C18H26N2O2. The van der Waals surface area contributed by atoms with E-state index in [1.165, 1.54) is 0 Å². The summed E-state index contributed by atoms with van der Waals surface area (Å²) in [6, 6.07) is 6.13. The van der Waals surface area contributed by atoms with Crippen LogP contribution in [0.15, 0.2) is 18.2 Å². The number of aryl methyl sites for hydroxylation is 2. The summed E-state index contributed by atoms with van der Waals surface area (Å²) in [4.78, 5) is 24.3. The standard InChI is InChI=1S/C18H26N2O2/c1-4-10-19-17(21)14-11-15(14)18(22)20-16-12(5-2)8-7-9-13(16)6-3/h7-9,14-15H,4-6,10-11H2,1-3H3,(H,19,21)(H,20,22). The monoisotopic (exact) mass is 302 g/mol. The van der Waals surface area contributed by atoms with Crippen molar-refractivity contribution in [2.75, 3.05) is 11.9 Å². The van der Waals surface area contributed by atoms with E-state index in [1.807, 2.05) is 25.1 Å². The molecule has 4 nitrogen and oxygen atoms in total. The molecule has 2 unspecified atom stereocenters. The molecule has 0 bridgehead atoms. The Labute approximate surface area is 132 Å². The maximum Gasteiger partial charge on any atom is 0.228 e. The zero-order chi connectivity index (χ0) is 16.1. The van der Waals surface area contributed by atoms with Gasteiger partial charge in [0.2, 0.25) is 11.8 Å². The van der Waals surface area contributed by atoms with Crippen molar-refractivity contribution in [2.45, 2.75) is 46.5 Å². The lowest BCUT2D eigenvalue weighted by Crippen LogP contribution is -2.28. The highest BCUT2D eigenvalue weighted by Crippen LogP contribution is 2.40. The summed E-state index contributed by atoms with van der Waals surface area (Å²) < 4.78 is 0. The molecule has 0 radical (unpaired) electrons. The van der Waals surface area contributed by atoms with Gasteiger partial charge in [0.25, 0.3) is 0 Å². The van der Waals surface area contributed by atoms with Gasteiger partial charge in [-0.2, -0.15) is 0 Å². The second-order valence-corrected chi connectivity index (χ2v) is 5.89. The topological polar surface area (TPSA) is 58.2 Å². The van der Waals surface area contributed by atoms with Crippen molar-refractivity contribution in [2.24, 2.45) is 11.8 Å². The number of para-hydroxylation sites is 1. The smallest absolute Gasteiger partial charge is 0.228 e. The summed E-state index contributed by atoms with van der Waals surface area (Å²) in [6.07, 6.45) is 3.35. The van der Waals surface area contributed by atoms with Crippen molar-refractivity contribution < 1.29 is 9.59 Å². The quantitative estimate of drug-likeness (QED) is 0.813. The van der Waals surface area contributed by atoms with Crippen LogP contribution < -0.4 is 10.6 Å². The highest BCUT2D eigenvalue weighted by atomic mass is 16.2. The molecule has 1 aromatic rings. The van der Waals surface area contributed by atoms with Crippen LogP contribution in [-0.4, -0.2) is 18.4 Å². The number of nitrogens with one attached hydrogen (secondary N) is 2. The highest BCUT2D eigenvalue weighted by molar-refractivity contribution is 6.00. The number of carbonyl (C=O) groups is 2. The van der Waals surface area contributed by atoms with Gasteiger partial charge in [0.15, 0.2) is 0 Å². The van der Waals surface area contributed by atoms with Crippen LogP contribution in [0, 0.1) is 11.8 Å². The molecule has 2 rings (SSSR count). The van der Waals surface area contributed by atoms with Gasteiger partial charge in [-0.25, -0.2) is 0 Å². The van der Waals surface area contributed by atoms with E-state index in [2.05, 4.69) is 24.5 Å². The predicted octanol–water partition coefficient (Wildman–Crippen LogP) is 2.91. The second kappa shape index (κ2) is 7.43. The van der Waals surface area contributed by atoms with E-state index in [0.717, 1.165) is 36.1 Å².